The van der Waals surface area contributed by atoms with E-state index in [0.717, 1.165) is 49.4 Å². The molecule has 1 aliphatic heterocycles. The number of nitrogens with two attached hydrogens (primary N) is 1. The molecule has 28 heavy (non-hydrogen) atoms. The number of aromatic nitrogens is 1. The monoisotopic (exact) mass is 436 g/mol. The van der Waals surface area contributed by atoms with Crippen LogP contribution < -0.4 is 14.6 Å². The Bertz CT molecular complexity index is 1050. The van der Waals surface area contributed by atoms with Crippen LogP contribution in [0.25, 0.3) is 10.2 Å². The van der Waals surface area contributed by atoms with E-state index in [1.54, 1.807) is 23.1 Å². The Morgan fingerprint density at radius 2 is 1.93 bits per heavy atom. The van der Waals surface area contributed by atoms with Crippen LogP contribution in [-0.4, -0.2) is 25.9 Å². The van der Waals surface area contributed by atoms with Gasteiger partial charge in [-0.2, -0.15) is 0 Å². The number of rotatable bonds is 7. The lowest BCUT2D eigenvalue weighted by molar-refractivity contribution is 0.174. The summed E-state index contributed by atoms with van der Waals surface area (Å²) >= 11 is 3.22. The van der Waals surface area contributed by atoms with Gasteiger partial charge in [-0.05, 0) is 25.3 Å². The van der Waals surface area contributed by atoms with Crippen LogP contribution in [0.1, 0.15) is 29.2 Å². The second-order valence-corrected chi connectivity index (χ2v) is 10.8. The van der Waals surface area contributed by atoms with Gasteiger partial charge in [-0.3, -0.25) is 0 Å². The number of benzene rings is 2. The van der Waals surface area contributed by atoms with Gasteiger partial charge < -0.3 is 9.47 Å². The zero-order valence-corrected chi connectivity index (χ0v) is 17.7. The molecule has 0 radical (unpaired) electrons. The van der Waals surface area contributed by atoms with Gasteiger partial charge in [-0.1, -0.05) is 41.6 Å². The molecule has 2 N–H and O–H groups in total. The smallest absolute Gasteiger partial charge is 0.231 e. The van der Waals surface area contributed by atoms with Gasteiger partial charge in [-0.25, -0.2) is 18.5 Å². The topological polar surface area (TPSA) is 91.5 Å². The predicted molar refractivity (Wildman–Crippen MR) is 113 cm³/mol. The van der Waals surface area contributed by atoms with Crippen LogP contribution in [0.4, 0.5) is 0 Å². The highest BCUT2D eigenvalue weighted by atomic mass is 32.2. The number of primary sulfonamides is 1. The summed E-state index contributed by atoms with van der Waals surface area (Å²) in [6.07, 6.45) is 1.20. The lowest BCUT2D eigenvalue weighted by Crippen LogP contribution is -2.22. The summed E-state index contributed by atoms with van der Waals surface area (Å²) in [5.41, 5.74) is 2.72. The average Bonchev–Trinajstić information content (AvgIpc) is 3.24. The van der Waals surface area contributed by atoms with Crippen molar-refractivity contribution in [3.05, 3.63) is 47.5 Å². The molecule has 0 saturated carbocycles. The number of thiazole rings is 1. The fourth-order valence-electron chi connectivity index (χ4n) is 3.09. The maximum Gasteiger partial charge on any atom is 0.231 e. The van der Waals surface area contributed by atoms with E-state index in [2.05, 4.69) is 4.98 Å². The van der Waals surface area contributed by atoms with E-state index < -0.39 is 15.3 Å². The predicted octanol–water partition coefficient (Wildman–Crippen LogP) is 4.24. The number of aryl methyl sites for hydroxylation is 1. The summed E-state index contributed by atoms with van der Waals surface area (Å²) in [4.78, 5) is 4.63. The number of hydrogen-bond donors (Lipinski definition) is 1. The van der Waals surface area contributed by atoms with Crippen LogP contribution >= 0.6 is 23.1 Å². The summed E-state index contributed by atoms with van der Waals surface area (Å²) in [6, 6.07) is 11.4. The Balaban J connectivity index is 1.39. The highest BCUT2D eigenvalue weighted by Crippen LogP contribution is 2.40. The molecular formula is C19H20N2O4S3. The summed E-state index contributed by atoms with van der Waals surface area (Å²) in [5, 5.41) is 4.79. The van der Waals surface area contributed by atoms with Gasteiger partial charge in [-0.15, -0.1) is 11.3 Å². The first-order chi connectivity index (χ1) is 13.4. The van der Waals surface area contributed by atoms with Crippen molar-refractivity contribution in [2.24, 2.45) is 5.14 Å². The van der Waals surface area contributed by atoms with Gasteiger partial charge in [0.15, 0.2) is 15.8 Å². The van der Waals surface area contributed by atoms with Crippen molar-refractivity contribution < 1.29 is 17.9 Å². The third-order valence-corrected chi connectivity index (χ3v) is 8.09. The lowest BCUT2D eigenvalue weighted by atomic mass is 10.1. The molecule has 2 aromatic carbocycles. The van der Waals surface area contributed by atoms with E-state index in [-0.39, 0.29) is 6.79 Å². The SMILES string of the molecule is Cc1ccc(C(CCCSc2nc3cc4c(cc3s2)OCO4)S(N)(=O)=O)cc1. The van der Waals surface area contributed by atoms with Crippen molar-refractivity contribution in [1.29, 1.82) is 0 Å². The summed E-state index contributed by atoms with van der Waals surface area (Å²) in [6.45, 7) is 2.22. The van der Waals surface area contributed by atoms with Crippen molar-refractivity contribution in [2.75, 3.05) is 12.5 Å². The van der Waals surface area contributed by atoms with Gasteiger partial charge in [0.1, 0.15) is 5.25 Å². The minimum absolute atomic E-state index is 0.250. The number of thioether (sulfide) groups is 1. The number of sulfonamides is 1. The third kappa shape index (κ3) is 4.27. The van der Waals surface area contributed by atoms with E-state index in [4.69, 9.17) is 14.6 Å². The molecule has 1 aromatic heterocycles. The highest BCUT2D eigenvalue weighted by Gasteiger charge is 2.23. The van der Waals surface area contributed by atoms with E-state index in [1.807, 2.05) is 43.3 Å². The quantitative estimate of drug-likeness (QED) is 0.440. The second-order valence-electron chi connectivity index (χ2n) is 6.63. The van der Waals surface area contributed by atoms with Gasteiger partial charge in [0, 0.05) is 17.9 Å². The number of nitrogens with zero attached hydrogens (tertiary/aromatic N) is 1. The molecule has 0 aliphatic carbocycles. The fourth-order valence-corrected chi connectivity index (χ4v) is 6.23. The minimum Gasteiger partial charge on any atom is -0.454 e. The Labute approximate surface area is 172 Å². The molecule has 1 aliphatic rings. The number of hydrogen-bond acceptors (Lipinski definition) is 7. The molecule has 1 atom stereocenters. The maximum absolute atomic E-state index is 12.0. The number of ether oxygens (including phenoxy) is 2. The normalized spacial score (nSPS) is 14.5. The summed E-state index contributed by atoms with van der Waals surface area (Å²) < 4.78 is 36.9. The van der Waals surface area contributed by atoms with Crippen molar-refractivity contribution in [3.63, 3.8) is 0 Å². The third-order valence-electron chi connectivity index (χ3n) is 4.55. The molecule has 0 fully saturated rings. The summed E-state index contributed by atoms with van der Waals surface area (Å²) in [5.74, 6) is 2.25. The zero-order valence-electron chi connectivity index (χ0n) is 15.3. The second kappa shape index (κ2) is 7.90. The van der Waals surface area contributed by atoms with Crippen molar-refractivity contribution >= 4 is 43.3 Å². The summed E-state index contributed by atoms with van der Waals surface area (Å²) in [7, 11) is -3.65. The molecule has 6 nitrogen and oxygen atoms in total. The van der Waals surface area contributed by atoms with Gasteiger partial charge >= 0.3 is 0 Å². The molecule has 0 spiro atoms. The van der Waals surface area contributed by atoms with Crippen LogP contribution in [-0.2, 0) is 10.0 Å². The first-order valence-electron chi connectivity index (χ1n) is 8.81. The average molecular weight is 437 g/mol. The first-order valence-corrected chi connectivity index (χ1v) is 12.2. The largest absolute Gasteiger partial charge is 0.454 e. The van der Waals surface area contributed by atoms with Crippen LogP contribution in [0.5, 0.6) is 11.5 Å². The highest BCUT2D eigenvalue weighted by molar-refractivity contribution is 8.01. The Kier molecular flexibility index (Phi) is 5.50. The van der Waals surface area contributed by atoms with Gasteiger partial charge in [0.25, 0.3) is 0 Å². The lowest BCUT2D eigenvalue weighted by Gasteiger charge is -2.15. The molecule has 0 bridgehead atoms. The first kappa shape index (κ1) is 19.5. The Morgan fingerprint density at radius 1 is 1.21 bits per heavy atom. The van der Waals surface area contributed by atoms with Crippen LogP contribution in [0.15, 0.2) is 40.7 Å². The molecule has 2 heterocycles. The molecule has 1 unspecified atom stereocenters. The minimum atomic E-state index is -3.65. The van der Waals surface area contributed by atoms with Crippen LogP contribution in [0, 0.1) is 6.92 Å². The van der Waals surface area contributed by atoms with Crippen LogP contribution in [0.2, 0.25) is 0 Å². The Hall–Kier alpha value is -1.81. The van der Waals surface area contributed by atoms with Crippen molar-refractivity contribution in [1.82, 2.24) is 4.98 Å². The van der Waals surface area contributed by atoms with Gasteiger partial charge in [0.2, 0.25) is 16.8 Å². The molecule has 4 rings (SSSR count). The molecule has 9 heteroatoms. The van der Waals surface area contributed by atoms with Gasteiger partial charge in [0.05, 0.1) is 10.2 Å². The van der Waals surface area contributed by atoms with E-state index in [0.29, 0.717) is 6.42 Å². The number of fused-ring (bicyclic) bond motifs is 2. The van der Waals surface area contributed by atoms with Crippen LogP contribution in [0.3, 0.4) is 0 Å². The van der Waals surface area contributed by atoms with Crippen molar-refractivity contribution in [3.8, 4) is 11.5 Å². The molecular weight excluding hydrogens is 416 g/mol. The zero-order chi connectivity index (χ0) is 19.7. The van der Waals surface area contributed by atoms with E-state index in [1.165, 1.54) is 0 Å². The molecule has 148 valence electrons. The maximum atomic E-state index is 12.0. The molecule has 0 amide bonds. The van der Waals surface area contributed by atoms with E-state index >= 15 is 0 Å². The van der Waals surface area contributed by atoms with E-state index in [9.17, 15) is 8.42 Å². The Morgan fingerprint density at radius 3 is 2.64 bits per heavy atom. The molecule has 0 saturated heterocycles. The standard InChI is InChI=1S/C19H20N2O4S3/c1-12-4-6-13(7-5-12)18(28(20,22)23)3-2-8-26-19-21-14-9-15-16(25-11-24-15)10-17(14)27-19/h4-7,9-10,18H,2-3,8,11H2,1H3,(H2,20,22,23). The molecule has 3 aromatic rings. The van der Waals surface area contributed by atoms with Crippen molar-refractivity contribution in [2.45, 2.75) is 29.4 Å². The fraction of sp³-hybridized carbons (Fsp3) is 0.316.